The Kier molecular flexibility index (Phi) is 7.01. The van der Waals surface area contributed by atoms with Crippen molar-refractivity contribution in [3.05, 3.63) is 56.4 Å². The van der Waals surface area contributed by atoms with Gasteiger partial charge in [-0.3, -0.25) is 14.4 Å². The van der Waals surface area contributed by atoms with Crippen molar-refractivity contribution in [2.45, 2.75) is 57.2 Å². The maximum atomic E-state index is 12.5. The summed E-state index contributed by atoms with van der Waals surface area (Å²) in [5.41, 5.74) is 3.04. The number of benzene rings is 1. The zero-order valence-electron chi connectivity index (χ0n) is 19.0. The minimum Gasteiger partial charge on any atom is -0.352 e. The van der Waals surface area contributed by atoms with Crippen LogP contribution in [0.2, 0.25) is 0 Å². The number of carbonyl (C=O) groups excluding carboxylic acids is 2. The Morgan fingerprint density at radius 3 is 2.97 bits per heavy atom. The van der Waals surface area contributed by atoms with Crippen molar-refractivity contribution < 1.29 is 9.59 Å². The summed E-state index contributed by atoms with van der Waals surface area (Å²) in [6.45, 7) is 1.20. The number of amides is 2. The van der Waals surface area contributed by atoms with Gasteiger partial charge in [0.05, 0.1) is 11.1 Å². The van der Waals surface area contributed by atoms with E-state index >= 15 is 0 Å². The van der Waals surface area contributed by atoms with E-state index in [1.807, 2.05) is 29.2 Å². The van der Waals surface area contributed by atoms with E-state index in [-0.39, 0.29) is 17.4 Å². The SMILES string of the molecule is O=C(CCSCc1nc2sc3c(c2c(=O)[nH]1)CCC3)NCc1cccc(N2CCCCC2=O)c1. The molecule has 3 aromatic rings. The second-order valence-corrected chi connectivity index (χ2v) is 11.0. The topological polar surface area (TPSA) is 95.2 Å². The lowest BCUT2D eigenvalue weighted by atomic mass is 10.1. The monoisotopic (exact) mass is 496 g/mol. The normalized spacial score (nSPS) is 15.6. The van der Waals surface area contributed by atoms with E-state index in [0.717, 1.165) is 60.1 Å². The fraction of sp³-hybridized carbons (Fsp3) is 0.440. The van der Waals surface area contributed by atoms with Gasteiger partial charge in [0, 0.05) is 42.2 Å². The first-order valence-electron chi connectivity index (χ1n) is 11.9. The average molecular weight is 497 g/mol. The van der Waals surface area contributed by atoms with Crippen molar-refractivity contribution in [3.63, 3.8) is 0 Å². The van der Waals surface area contributed by atoms with Gasteiger partial charge in [-0.25, -0.2) is 4.98 Å². The third-order valence-corrected chi connectivity index (χ3v) is 8.53. The van der Waals surface area contributed by atoms with Crippen LogP contribution in [0.25, 0.3) is 10.2 Å². The Labute approximate surface area is 206 Å². The van der Waals surface area contributed by atoms with Gasteiger partial charge in [0.2, 0.25) is 11.8 Å². The summed E-state index contributed by atoms with van der Waals surface area (Å²) in [4.78, 5) is 48.6. The van der Waals surface area contributed by atoms with Crippen molar-refractivity contribution >= 4 is 50.8 Å². The minimum absolute atomic E-state index is 0.0152. The number of aryl methyl sites for hydroxylation is 2. The Balaban J connectivity index is 1.08. The number of carbonyl (C=O) groups is 2. The standard InChI is InChI=1S/C25H28N4O3S2/c30-21(26-14-16-5-3-6-17(13-16)29-11-2-1-9-22(29)31)10-12-33-15-20-27-24(32)23-18-7-4-8-19(18)34-25(23)28-20/h3,5-6,13H,1-2,4,7-12,14-15H2,(H,26,30)(H,27,28,32). The fourth-order valence-corrected chi connectivity index (χ4v) is 6.74. The summed E-state index contributed by atoms with van der Waals surface area (Å²) in [5, 5.41) is 3.74. The van der Waals surface area contributed by atoms with Crippen LogP contribution in [0.4, 0.5) is 5.69 Å². The number of anilines is 1. The average Bonchev–Trinajstić information content (AvgIpc) is 3.42. The van der Waals surface area contributed by atoms with Gasteiger partial charge in [0.15, 0.2) is 0 Å². The number of nitrogens with zero attached hydrogens (tertiary/aromatic N) is 2. The molecule has 0 saturated carbocycles. The summed E-state index contributed by atoms with van der Waals surface area (Å²) in [7, 11) is 0. The second-order valence-electron chi connectivity index (χ2n) is 8.80. The maximum Gasteiger partial charge on any atom is 0.259 e. The first-order valence-corrected chi connectivity index (χ1v) is 13.8. The van der Waals surface area contributed by atoms with Crippen LogP contribution in [0.1, 0.15) is 53.9 Å². The molecule has 2 amide bonds. The van der Waals surface area contributed by atoms with Crippen molar-refractivity contribution in [2.24, 2.45) is 0 Å². The molecule has 2 aliphatic rings. The molecule has 2 aromatic heterocycles. The van der Waals surface area contributed by atoms with Crippen LogP contribution in [0.5, 0.6) is 0 Å². The van der Waals surface area contributed by atoms with Crippen LogP contribution in [0, 0.1) is 0 Å². The summed E-state index contributed by atoms with van der Waals surface area (Å²) >= 11 is 3.24. The molecule has 2 N–H and O–H groups in total. The molecular weight excluding hydrogens is 468 g/mol. The lowest BCUT2D eigenvalue weighted by Gasteiger charge is -2.27. The lowest BCUT2D eigenvalue weighted by molar-refractivity contribution is -0.121. The molecule has 178 valence electrons. The largest absolute Gasteiger partial charge is 0.352 e. The number of fused-ring (bicyclic) bond motifs is 3. The Hall–Kier alpha value is -2.65. The summed E-state index contributed by atoms with van der Waals surface area (Å²) < 4.78 is 0. The Morgan fingerprint density at radius 2 is 2.09 bits per heavy atom. The van der Waals surface area contributed by atoms with Gasteiger partial charge in [0.25, 0.3) is 5.56 Å². The fourth-order valence-electron chi connectivity index (χ4n) is 4.65. The van der Waals surface area contributed by atoms with E-state index < -0.39 is 0 Å². The van der Waals surface area contributed by atoms with E-state index in [2.05, 4.69) is 15.3 Å². The Morgan fingerprint density at radius 1 is 1.18 bits per heavy atom. The molecule has 34 heavy (non-hydrogen) atoms. The first kappa shape index (κ1) is 23.1. The zero-order valence-corrected chi connectivity index (χ0v) is 20.7. The third kappa shape index (κ3) is 5.05. The molecule has 9 heteroatoms. The van der Waals surface area contributed by atoms with Crippen molar-refractivity contribution in [1.29, 1.82) is 0 Å². The molecule has 0 bridgehead atoms. The number of rotatable bonds is 8. The lowest BCUT2D eigenvalue weighted by Crippen LogP contribution is -2.35. The molecule has 0 spiro atoms. The number of hydrogen-bond acceptors (Lipinski definition) is 6. The number of hydrogen-bond donors (Lipinski definition) is 2. The van der Waals surface area contributed by atoms with Crippen LogP contribution in [-0.2, 0) is 34.7 Å². The predicted molar refractivity (Wildman–Crippen MR) is 138 cm³/mol. The third-order valence-electron chi connectivity index (χ3n) is 6.37. The van der Waals surface area contributed by atoms with Crippen LogP contribution < -0.4 is 15.8 Å². The summed E-state index contributed by atoms with van der Waals surface area (Å²) in [6.07, 6.45) is 6.14. The van der Waals surface area contributed by atoms with Crippen LogP contribution in [0.15, 0.2) is 29.1 Å². The predicted octanol–water partition coefficient (Wildman–Crippen LogP) is 3.93. The molecule has 1 aliphatic carbocycles. The van der Waals surface area contributed by atoms with Crippen LogP contribution >= 0.6 is 23.1 Å². The highest BCUT2D eigenvalue weighted by Crippen LogP contribution is 2.34. The summed E-state index contributed by atoms with van der Waals surface area (Å²) in [6, 6.07) is 7.83. The Bertz CT molecular complexity index is 1280. The number of nitrogens with one attached hydrogen (secondary N) is 2. The quantitative estimate of drug-likeness (QED) is 0.461. The molecule has 1 aliphatic heterocycles. The van der Waals surface area contributed by atoms with Crippen molar-refractivity contribution in [3.8, 4) is 0 Å². The van der Waals surface area contributed by atoms with E-state index in [0.29, 0.717) is 36.7 Å². The number of piperidine rings is 1. The van der Waals surface area contributed by atoms with Gasteiger partial charge in [-0.15, -0.1) is 11.3 Å². The highest BCUT2D eigenvalue weighted by atomic mass is 32.2. The maximum absolute atomic E-state index is 12.5. The van der Waals surface area contributed by atoms with Gasteiger partial charge in [-0.05, 0) is 55.4 Å². The number of aromatic amines is 1. The van der Waals surface area contributed by atoms with E-state index in [9.17, 15) is 14.4 Å². The smallest absolute Gasteiger partial charge is 0.259 e. The molecule has 0 unspecified atom stereocenters. The second kappa shape index (κ2) is 10.3. The molecule has 0 radical (unpaired) electrons. The van der Waals surface area contributed by atoms with Gasteiger partial charge in [0.1, 0.15) is 10.7 Å². The molecule has 3 heterocycles. The van der Waals surface area contributed by atoms with Gasteiger partial charge in [-0.2, -0.15) is 11.8 Å². The van der Waals surface area contributed by atoms with Crippen molar-refractivity contribution in [2.75, 3.05) is 17.2 Å². The number of thioether (sulfide) groups is 1. The van der Waals surface area contributed by atoms with Gasteiger partial charge < -0.3 is 15.2 Å². The summed E-state index contributed by atoms with van der Waals surface area (Å²) in [5.74, 6) is 2.05. The highest BCUT2D eigenvalue weighted by Gasteiger charge is 2.21. The highest BCUT2D eigenvalue weighted by molar-refractivity contribution is 7.98. The molecular formula is C25H28N4O3S2. The molecule has 1 aromatic carbocycles. The zero-order chi connectivity index (χ0) is 23.5. The van der Waals surface area contributed by atoms with Gasteiger partial charge in [-0.1, -0.05) is 12.1 Å². The molecule has 0 atom stereocenters. The molecule has 1 fully saturated rings. The first-order chi connectivity index (χ1) is 16.6. The van der Waals surface area contributed by atoms with E-state index in [1.54, 1.807) is 23.1 Å². The van der Waals surface area contributed by atoms with Crippen LogP contribution in [0.3, 0.4) is 0 Å². The van der Waals surface area contributed by atoms with Gasteiger partial charge >= 0.3 is 0 Å². The number of thiophene rings is 1. The van der Waals surface area contributed by atoms with Crippen LogP contribution in [-0.4, -0.2) is 34.1 Å². The molecule has 1 saturated heterocycles. The molecule has 7 nitrogen and oxygen atoms in total. The van der Waals surface area contributed by atoms with Crippen molar-refractivity contribution in [1.82, 2.24) is 15.3 Å². The molecule has 5 rings (SSSR count). The number of aromatic nitrogens is 2. The number of H-pyrrole nitrogens is 1. The van der Waals surface area contributed by atoms with E-state index in [4.69, 9.17) is 0 Å². The van der Waals surface area contributed by atoms with E-state index in [1.165, 1.54) is 10.4 Å². The minimum atomic E-state index is -0.0359.